The Labute approximate surface area is 140 Å². The summed E-state index contributed by atoms with van der Waals surface area (Å²) < 4.78 is 7.45. The SMILES string of the molecule is COC(=O)c1cnn2c1ncc1c(=O)n(-c3ccccc3O)ccc12. The van der Waals surface area contributed by atoms with Crippen LogP contribution in [0.25, 0.3) is 22.2 Å². The average Bonchev–Trinajstić information content (AvgIpc) is 3.07. The van der Waals surface area contributed by atoms with Crippen molar-refractivity contribution >= 4 is 22.5 Å². The third-order valence-electron chi connectivity index (χ3n) is 3.94. The van der Waals surface area contributed by atoms with E-state index in [1.807, 2.05) is 0 Å². The number of hydrogen-bond acceptors (Lipinski definition) is 6. The number of carbonyl (C=O) groups excluding carboxylic acids is 1. The quantitative estimate of drug-likeness (QED) is 0.557. The third kappa shape index (κ3) is 2.15. The predicted octanol–water partition coefficient (Wildman–Crippen LogP) is 1.53. The highest BCUT2D eigenvalue weighted by Crippen LogP contribution is 2.21. The number of nitrogens with zero attached hydrogens (tertiary/aromatic N) is 4. The summed E-state index contributed by atoms with van der Waals surface area (Å²) in [5.74, 6) is -0.561. The Hall–Kier alpha value is -3.68. The molecule has 0 amide bonds. The molecule has 4 aromatic rings. The summed E-state index contributed by atoms with van der Waals surface area (Å²) in [6.07, 6.45) is 4.28. The number of methoxy groups -OCH3 is 1. The molecule has 1 N–H and O–H groups in total. The lowest BCUT2D eigenvalue weighted by molar-refractivity contribution is 0.0602. The van der Waals surface area contributed by atoms with E-state index in [9.17, 15) is 14.7 Å². The van der Waals surface area contributed by atoms with Gasteiger partial charge in [-0.05, 0) is 18.2 Å². The van der Waals surface area contributed by atoms with Crippen LogP contribution < -0.4 is 5.56 Å². The first-order chi connectivity index (χ1) is 12.1. The fraction of sp³-hybridized carbons (Fsp3) is 0.0588. The maximum Gasteiger partial charge on any atom is 0.343 e. The maximum atomic E-state index is 12.8. The number of phenolic OH excluding ortho intramolecular Hbond substituents is 1. The second kappa shape index (κ2) is 5.45. The van der Waals surface area contributed by atoms with Crippen molar-refractivity contribution in [1.82, 2.24) is 19.2 Å². The van der Waals surface area contributed by atoms with Crippen molar-refractivity contribution in [3.63, 3.8) is 0 Å². The fourth-order valence-corrected chi connectivity index (χ4v) is 2.73. The van der Waals surface area contributed by atoms with Gasteiger partial charge in [-0.1, -0.05) is 12.1 Å². The molecule has 0 saturated carbocycles. The van der Waals surface area contributed by atoms with Crippen LogP contribution in [-0.2, 0) is 4.74 Å². The minimum atomic E-state index is -0.551. The van der Waals surface area contributed by atoms with Crippen molar-refractivity contribution in [3.8, 4) is 11.4 Å². The van der Waals surface area contributed by atoms with Crippen LogP contribution in [0.1, 0.15) is 10.4 Å². The zero-order valence-electron chi connectivity index (χ0n) is 13.1. The number of benzene rings is 1. The minimum absolute atomic E-state index is 0.00921. The van der Waals surface area contributed by atoms with E-state index in [2.05, 4.69) is 10.1 Å². The van der Waals surface area contributed by atoms with Gasteiger partial charge in [0.05, 0.1) is 29.9 Å². The Bertz CT molecular complexity index is 1190. The summed E-state index contributed by atoms with van der Waals surface area (Å²) in [5.41, 5.74) is 1.03. The van der Waals surface area contributed by atoms with E-state index >= 15 is 0 Å². The number of pyridine rings is 1. The number of esters is 1. The van der Waals surface area contributed by atoms with Gasteiger partial charge in [-0.25, -0.2) is 14.3 Å². The molecule has 0 aliphatic rings. The summed E-state index contributed by atoms with van der Waals surface area (Å²) in [5, 5.41) is 14.4. The van der Waals surface area contributed by atoms with Gasteiger partial charge in [0.15, 0.2) is 5.65 Å². The van der Waals surface area contributed by atoms with Gasteiger partial charge in [0.1, 0.15) is 11.3 Å². The monoisotopic (exact) mass is 336 g/mol. The van der Waals surface area contributed by atoms with E-state index in [-0.39, 0.29) is 16.9 Å². The summed E-state index contributed by atoms with van der Waals surface area (Å²) in [4.78, 5) is 28.7. The lowest BCUT2D eigenvalue weighted by Crippen LogP contribution is -2.19. The van der Waals surface area contributed by atoms with Gasteiger partial charge in [-0.3, -0.25) is 9.36 Å². The van der Waals surface area contributed by atoms with Crippen LogP contribution in [-0.4, -0.2) is 37.4 Å². The molecule has 0 atom stereocenters. The van der Waals surface area contributed by atoms with Crippen LogP contribution in [0.5, 0.6) is 5.75 Å². The lowest BCUT2D eigenvalue weighted by atomic mass is 10.2. The largest absolute Gasteiger partial charge is 0.506 e. The number of rotatable bonds is 2. The van der Waals surface area contributed by atoms with Gasteiger partial charge in [-0.15, -0.1) is 0 Å². The number of phenols is 1. The molecule has 1 aromatic carbocycles. The molecule has 3 aromatic heterocycles. The van der Waals surface area contributed by atoms with Gasteiger partial charge in [0, 0.05) is 12.4 Å². The summed E-state index contributed by atoms with van der Waals surface area (Å²) in [6, 6.07) is 8.21. The van der Waals surface area contributed by atoms with Gasteiger partial charge in [0.25, 0.3) is 5.56 Å². The van der Waals surface area contributed by atoms with E-state index in [4.69, 9.17) is 4.74 Å². The number of aromatic hydroxyl groups is 1. The van der Waals surface area contributed by atoms with Crippen molar-refractivity contribution in [2.75, 3.05) is 7.11 Å². The number of ether oxygens (including phenoxy) is 1. The molecule has 0 aliphatic heterocycles. The molecule has 8 heteroatoms. The fourth-order valence-electron chi connectivity index (χ4n) is 2.73. The number of para-hydroxylation sites is 2. The van der Waals surface area contributed by atoms with Crippen LogP contribution in [0.15, 0.2) is 53.7 Å². The second-order valence-electron chi connectivity index (χ2n) is 5.32. The van der Waals surface area contributed by atoms with E-state index < -0.39 is 5.97 Å². The molecule has 0 radical (unpaired) electrons. The molecular formula is C17H12N4O4. The Morgan fingerprint density at radius 3 is 2.76 bits per heavy atom. The molecule has 25 heavy (non-hydrogen) atoms. The summed E-state index contributed by atoms with van der Waals surface area (Å²) >= 11 is 0. The Kier molecular flexibility index (Phi) is 3.24. The highest BCUT2D eigenvalue weighted by Gasteiger charge is 2.17. The van der Waals surface area contributed by atoms with E-state index in [0.29, 0.717) is 22.2 Å². The lowest BCUT2D eigenvalue weighted by Gasteiger charge is -2.09. The van der Waals surface area contributed by atoms with Crippen LogP contribution >= 0.6 is 0 Å². The molecule has 4 rings (SSSR count). The van der Waals surface area contributed by atoms with E-state index in [1.165, 1.54) is 34.7 Å². The zero-order valence-corrected chi connectivity index (χ0v) is 13.1. The van der Waals surface area contributed by atoms with Gasteiger partial charge in [-0.2, -0.15) is 5.10 Å². The molecule has 0 bridgehead atoms. The summed E-state index contributed by atoms with van der Waals surface area (Å²) in [6.45, 7) is 0. The first-order valence-corrected chi connectivity index (χ1v) is 7.36. The van der Waals surface area contributed by atoms with Crippen molar-refractivity contribution in [2.45, 2.75) is 0 Å². The molecule has 3 heterocycles. The number of carbonyl (C=O) groups is 1. The van der Waals surface area contributed by atoms with Crippen LogP contribution in [0.2, 0.25) is 0 Å². The summed E-state index contributed by atoms with van der Waals surface area (Å²) in [7, 11) is 1.28. The molecule has 0 unspecified atom stereocenters. The number of hydrogen-bond donors (Lipinski definition) is 1. The standard InChI is InChI=1S/C17H12N4O4/c1-25-17(24)11-9-19-21-12-6-7-20(13-4-2-3-5-14(13)22)16(23)10(12)8-18-15(11)21/h2-9,22H,1H3. The van der Waals surface area contributed by atoms with E-state index in [1.54, 1.807) is 30.5 Å². The minimum Gasteiger partial charge on any atom is -0.506 e. The Balaban J connectivity index is 2.01. The van der Waals surface area contributed by atoms with Crippen molar-refractivity contribution < 1.29 is 14.6 Å². The maximum absolute atomic E-state index is 12.8. The zero-order chi connectivity index (χ0) is 17.6. The Morgan fingerprint density at radius 2 is 2.00 bits per heavy atom. The van der Waals surface area contributed by atoms with Gasteiger partial charge in [0.2, 0.25) is 0 Å². The van der Waals surface area contributed by atoms with Crippen molar-refractivity contribution in [3.05, 3.63) is 64.8 Å². The van der Waals surface area contributed by atoms with Crippen molar-refractivity contribution in [1.29, 1.82) is 0 Å². The molecule has 0 saturated heterocycles. The van der Waals surface area contributed by atoms with Crippen molar-refractivity contribution in [2.24, 2.45) is 0 Å². The smallest absolute Gasteiger partial charge is 0.343 e. The second-order valence-corrected chi connectivity index (χ2v) is 5.32. The molecule has 0 aliphatic carbocycles. The number of aromatic nitrogens is 4. The third-order valence-corrected chi connectivity index (χ3v) is 3.94. The first-order valence-electron chi connectivity index (χ1n) is 7.36. The van der Waals surface area contributed by atoms with Gasteiger partial charge < -0.3 is 9.84 Å². The first kappa shape index (κ1) is 14.9. The predicted molar refractivity (Wildman–Crippen MR) is 89.1 cm³/mol. The molecule has 8 nitrogen and oxygen atoms in total. The highest BCUT2D eigenvalue weighted by atomic mass is 16.5. The molecular weight excluding hydrogens is 324 g/mol. The highest BCUT2D eigenvalue weighted by molar-refractivity contribution is 5.96. The van der Waals surface area contributed by atoms with Crippen LogP contribution in [0.3, 0.4) is 0 Å². The molecule has 124 valence electrons. The molecule has 0 spiro atoms. The van der Waals surface area contributed by atoms with E-state index in [0.717, 1.165) is 0 Å². The topological polar surface area (TPSA) is 98.7 Å². The van der Waals surface area contributed by atoms with Crippen LogP contribution in [0, 0.1) is 0 Å². The van der Waals surface area contributed by atoms with Gasteiger partial charge >= 0.3 is 5.97 Å². The average molecular weight is 336 g/mol. The number of fused-ring (bicyclic) bond motifs is 3. The normalized spacial score (nSPS) is 11.1. The molecule has 0 fully saturated rings. The Morgan fingerprint density at radius 1 is 1.20 bits per heavy atom. The van der Waals surface area contributed by atoms with Crippen LogP contribution in [0.4, 0.5) is 0 Å².